The van der Waals surface area contributed by atoms with E-state index in [0.717, 1.165) is 34.4 Å². The Balaban J connectivity index is 1.83. The molecule has 0 amide bonds. The van der Waals surface area contributed by atoms with Gasteiger partial charge in [0, 0.05) is 4.88 Å². The molecule has 1 aliphatic rings. The van der Waals surface area contributed by atoms with Crippen molar-refractivity contribution in [2.24, 2.45) is 0 Å². The van der Waals surface area contributed by atoms with Crippen LogP contribution in [-0.2, 0) is 12.8 Å². The van der Waals surface area contributed by atoms with E-state index in [1.54, 1.807) is 23.7 Å². The summed E-state index contributed by atoms with van der Waals surface area (Å²) in [6.07, 6.45) is 6.32. The number of anilines is 2. The highest BCUT2D eigenvalue weighted by Crippen LogP contribution is 2.39. The molecule has 0 saturated carbocycles. The fourth-order valence-corrected chi connectivity index (χ4v) is 4.29. The van der Waals surface area contributed by atoms with Crippen molar-refractivity contribution in [1.82, 2.24) is 9.97 Å². The van der Waals surface area contributed by atoms with Gasteiger partial charge in [0.25, 0.3) is 0 Å². The average molecular weight is 311 g/mol. The number of hydrogen-bond acceptors (Lipinski definition) is 5. The first-order chi connectivity index (χ1) is 10.7. The first-order valence-electron chi connectivity index (χ1n) is 7.54. The van der Waals surface area contributed by atoms with Crippen molar-refractivity contribution in [1.29, 1.82) is 0 Å². The third-order valence-corrected chi connectivity index (χ3v) is 5.36. The molecule has 0 saturated heterocycles. The fraction of sp³-hybridized carbons (Fsp3) is 0.294. The number of nitrogens with one attached hydrogen (secondary N) is 1. The summed E-state index contributed by atoms with van der Waals surface area (Å²) in [4.78, 5) is 11.3. The van der Waals surface area contributed by atoms with E-state index >= 15 is 0 Å². The molecule has 0 aliphatic heterocycles. The molecule has 0 spiro atoms. The Hall–Kier alpha value is -2.14. The van der Waals surface area contributed by atoms with Crippen LogP contribution in [0.1, 0.15) is 28.8 Å². The SMILES string of the molecule is Cc1ccc(Nc2ncnc3sc4c(c23)CCCC4)c(O)c1. The van der Waals surface area contributed by atoms with Gasteiger partial charge in [-0.15, -0.1) is 11.3 Å². The van der Waals surface area contributed by atoms with Crippen LogP contribution >= 0.6 is 11.3 Å². The molecule has 1 aliphatic carbocycles. The molecule has 1 aromatic carbocycles. The van der Waals surface area contributed by atoms with Gasteiger partial charge >= 0.3 is 0 Å². The lowest BCUT2D eigenvalue weighted by atomic mass is 9.97. The molecule has 4 nitrogen and oxygen atoms in total. The van der Waals surface area contributed by atoms with Crippen LogP contribution in [0.3, 0.4) is 0 Å². The largest absolute Gasteiger partial charge is 0.506 e. The summed E-state index contributed by atoms with van der Waals surface area (Å²) in [6, 6.07) is 5.62. The van der Waals surface area contributed by atoms with E-state index in [-0.39, 0.29) is 5.75 Å². The molecule has 0 unspecified atom stereocenters. The second-order valence-electron chi connectivity index (χ2n) is 5.76. The molecule has 0 radical (unpaired) electrons. The molecule has 0 bridgehead atoms. The zero-order chi connectivity index (χ0) is 15.1. The number of hydrogen-bond donors (Lipinski definition) is 2. The van der Waals surface area contributed by atoms with Crippen molar-refractivity contribution >= 4 is 33.1 Å². The lowest BCUT2D eigenvalue weighted by molar-refractivity contribution is 0.477. The minimum Gasteiger partial charge on any atom is -0.506 e. The number of aromatic nitrogens is 2. The summed E-state index contributed by atoms with van der Waals surface area (Å²) in [5, 5.41) is 14.5. The topological polar surface area (TPSA) is 58.0 Å². The number of phenols is 1. The zero-order valence-corrected chi connectivity index (χ0v) is 13.2. The minimum absolute atomic E-state index is 0.246. The van der Waals surface area contributed by atoms with E-state index in [0.29, 0.717) is 5.69 Å². The van der Waals surface area contributed by atoms with Crippen LogP contribution in [-0.4, -0.2) is 15.1 Å². The number of aromatic hydroxyl groups is 1. The maximum Gasteiger partial charge on any atom is 0.142 e. The molecular weight excluding hydrogens is 294 g/mol. The number of benzene rings is 1. The van der Waals surface area contributed by atoms with Crippen LogP contribution in [0, 0.1) is 6.92 Å². The van der Waals surface area contributed by atoms with Gasteiger partial charge < -0.3 is 10.4 Å². The van der Waals surface area contributed by atoms with Crippen LogP contribution in [0.25, 0.3) is 10.2 Å². The van der Waals surface area contributed by atoms with Crippen molar-refractivity contribution in [2.45, 2.75) is 32.6 Å². The zero-order valence-electron chi connectivity index (χ0n) is 12.4. The summed E-state index contributed by atoms with van der Waals surface area (Å²) in [7, 11) is 0. The maximum atomic E-state index is 10.1. The molecule has 22 heavy (non-hydrogen) atoms. The van der Waals surface area contributed by atoms with Crippen molar-refractivity contribution in [3.63, 3.8) is 0 Å². The number of rotatable bonds is 2. The fourth-order valence-electron chi connectivity index (χ4n) is 3.06. The van der Waals surface area contributed by atoms with Crippen molar-refractivity contribution in [2.75, 3.05) is 5.32 Å². The minimum atomic E-state index is 0.246. The summed E-state index contributed by atoms with van der Waals surface area (Å²) in [5.74, 6) is 1.04. The van der Waals surface area contributed by atoms with Gasteiger partial charge in [-0.25, -0.2) is 9.97 Å². The van der Waals surface area contributed by atoms with Gasteiger partial charge in [0.05, 0.1) is 11.1 Å². The predicted octanol–water partition coefficient (Wildman–Crippen LogP) is 4.33. The second kappa shape index (κ2) is 5.25. The summed E-state index contributed by atoms with van der Waals surface area (Å²) < 4.78 is 0. The molecule has 2 N–H and O–H groups in total. The number of aryl methyl sites for hydroxylation is 3. The monoisotopic (exact) mass is 311 g/mol. The van der Waals surface area contributed by atoms with Crippen LogP contribution in [0.15, 0.2) is 24.5 Å². The Morgan fingerprint density at radius 1 is 1.18 bits per heavy atom. The second-order valence-corrected chi connectivity index (χ2v) is 6.84. The quantitative estimate of drug-likeness (QED) is 0.692. The Bertz CT molecular complexity index is 856. The van der Waals surface area contributed by atoms with Crippen molar-refractivity contribution in [3.8, 4) is 5.75 Å². The average Bonchev–Trinajstić information content (AvgIpc) is 2.89. The molecule has 2 heterocycles. The third-order valence-electron chi connectivity index (χ3n) is 4.16. The van der Waals surface area contributed by atoms with E-state index in [2.05, 4.69) is 15.3 Å². The lowest BCUT2D eigenvalue weighted by Crippen LogP contribution is -2.01. The Labute approximate surface area is 132 Å². The Kier molecular flexibility index (Phi) is 3.22. The number of phenolic OH excluding ortho intramolecular Hbond substituents is 1. The van der Waals surface area contributed by atoms with E-state index in [9.17, 15) is 5.11 Å². The van der Waals surface area contributed by atoms with Gasteiger partial charge in [0.1, 0.15) is 22.7 Å². The smallest absolute Gasteiger partial charge is 0.142 e. The van der Waals surface area contributed by atoms with Crippen LogP contribution in [0.5, 0.6) is 5.75 Å². The van der Waals surface area contributed by atoms with Crippen molar-refractivity contribution < 1.29 is 5.11 Å². The number of fused-ring (bicyclic) bond motifs is 3. The highest BCUT2D eigenvalue weighted by atomic mass is 32.1. The molecule has 0 fully saturated rings. The summed E-state index contributed by atoms with van der Waals surface area (Å²) >= 11 is 1.78. The maximum absolute atomic E-state index is 10.1. The van der Waals surface area contributed by atoms with Gasteiger partial charge in [0.2, 0.25) is 0 Å². The van der Waals surface area contributed by atoms with Gasteiger partial charge in [-0.1, -0.05) is 6.07 Å². The van der Waals surface area contributed by atoms with Crippen molar-refractivity contribution in [3.05, 3.63) is 40.5 Å². The Morgan fingerprint density at radius 3 is 2.91 bits per heavy atom. The van der Waals surface area contributed by atoms with E-state index in [1.165, 1.54) is 23.3 Å². The third kappa shape index (κ3) is 2.22. The highest BCUT2D eigenvalue weighted by molar-refractivity contribution is 7.19. The van der Waals surface area contributed by atoms with Gasteiger partial charge in [-0.2, -0.15) is 0 Å². The first-order valence-corrected chi connectivity index (χ1v) is 8.36. The molecule has 0 atom stereocenters. The molecule has 4 rings (SSSR count). The van der Waals surface area contributed by atoms with Gasteiger partial charge in [-0.3, -0.25) is 0 Å². The highest BCUT2D eigenvalue weighted by Gasteiger charge is 2.20. The molecule has 5 heteroatoms. The normalized spacial score (nSPS) is 14.0. The predicted molar refractivity (Wildman–Crippen MR) is 90.2 cm³/mol. The first kappa shape index (κ1) is 13.5. The molecule has 112 valence electrons. The molecular formula is C17H17N3OS. The van der Waals surface area contributed by atoms with Gasteiger partial charge in [0.15, 0.2) is 0 Å². The standard InChI is InChI=1S/C17H17N3OS/c1-10-6-7-12(13(21)8-10)20-16-15-11-4-2-3-5-14(11)22-17(15)19-9-18-16/h6-9,21H,2-5H2,1H3,(H,18,19,20). The van der Waals surface area contributed by atoms with Crippen LogP contribution in [0.4, 0.5) is 11.5 Å². The summed E-state index contributed by atoms with van der Waals surface area (Å²) in [6.45, 7) is 1.96. The van der Waals surface area contributed by atoms with Crippen LogP contribution in [0.2, 0.25) is 0 Å². The lowest BCUT2D eigenvalue weighted by Gasteiger charge is -2.13. The van der Waals surface area contributed by atoms with E-state index in [1.807, 2.05) is 19.1 Å². The number of nitrogens with zero attached hydrogens (tertiary/aromatic N) is 2. The molecule has 3 aromatic rings. The van der Waals surface area contributed by atoms with E-state index in [4.69, 9.17) is 0 Å². The number of thiophene rings is 1. The van der Waals surface area contributed by atoms with E-state index < -0.39 is 0 Å². The van der Waals surface area contributed by atoms with Crippen LogP contribution < -0.4 is 5.32 Å². The molecule has 2 aromatic heterocycles. The van der Waals surface area contributed by atoms with Gasteiger partial charge in [-0.05, 0) is 55.9 Å². The summed E-state index contributed by atoms with van der Waals surface area (Å²) in [5.41, 5.74) is 3.10. The Morgan fingerprint density at radius 2 is 2.05 bits per heavy atom.